The molecule has 0 N–H and O–H groups in total. The van der Waals surface area contributed by atoms with E-state index in [1.165, 1.54) is 5.56 Å². The molecule has 0 amide bonds. The molecule has 0 aromatic heterocycles. The highest BCUT2D eigenvalue weighted by Crippen LogP contribution is 2.13. The lowest BCUT2D eigenvalue weighted by Gasteiger charge is -2.08. The average molecular weight is 230 g/mol. The summed E-state index contributed by atoms with van der Waals surface area (Å²) in [6, 6.07) is 8.83. The van der Waals surface area contributed by atoms with Crippen molar-refractivity contribution in [3.05, 3.63) is 34.9 Å². The third kappa shape index (κ3) is 3.80. The van der Waals surface area contributed by atoms with Gasteiger partial charge in [0, 0.05) is 19.2 Å². The van der Waals surface area contributed by atoms with E-state index in [9.17, 15) is 0 Å². The molecule has 1 aromatic rings. The molecule has 2 nitrogen and oxygen atoms in total. The van der Waals surface area contributed by atoms with Crippen molar-refractivity contribution in [1.29, 1.82) is 0 Å². The summed E-state index contributed by atoms with van der Waals surface area (Å²) in [4.78, 5) is 0. The van der Waals surface area contributed by atoms with Gasteiger partial charge >= 0.3 is 9.28 Å². The Kier molecular flexibility index (Phi) is 5.18. The second-order valence-corrected chi connectivity index (χ2v) is 5.41. The van der Waals surface area contributed by atoms with E-state index in [1.807, 2.05) is 18.2 Å². The van der Waals surface area contributed by atoms with Gasteiger partial charge in [0.05, 0.1) is 0 Å². The second kappa shape index (κ2) is 6.19. The van der Waals surface area contributed by atoms with E-state index in [4.69, 9.17) is 20.5 Å². The summed E-state index contributed by atoms with van der Waals surface area (Å²) in [6.07, 6.45) is 0.955. The predicted octanol–water partition coefficient (Wildman–Crippen LogP) is 2.66. The Morgan fingerprint density at radius 3 is 2.57 bits per heavy atom. The van der Waals surface area contributed by atoms with Crippen molar-refractivity contribution in [3.8, 4) is 0 Å². The third-order valence-electron chi connectivity index (χ3n) is 1.96. The summed E-state index contributed by atoms with van der Waals surface area (Å²) < 4.78 is 10.4. The third-order valence-corrected chi connectivity index (χ3v) is 3.77. The molecular weight excluding hydrogens is 216 g/mol. The molecule has 0 bridgehead atoms. The van der Waals surface area contributed by atoms with E-state index in [0.717, 1.165) is 17.5 Å². The van der Waals surface area contributed by atoms with Gasteiger partial charge in [-0.05, 0) is 30.2 Å². The van der Waals surface area contributed by atoms with E-state index in [-0.39, 0.29) is 0 Å². The van der Waals surface area contributed by atoms with Crippen LogP contribution in [-0.4, -0.2) is 23.5 Å². The van der Waals surface area contributed by atoms with Crippen LogP contribution in [0.3, 0.4) is 0 Å². The first-order chi connectivity index (χ1) is 6.76. The Hall–Kier alpha value is -0.353. The summed E-state index contributed by atoms with van der Waals surface area (Å²) in [5.74, 6) is 0. The van der Waals surface area contributed by atoms with Crippen LogP contribution in [0.15, 0.2) is 24.3 Å². The molecule has 0 saturated carbocycles. The van der Waals surface area contributed by atoms with Gasteiger partial charge in [0.15, 0.2) is 0 Å². The molecule has 0 aliphatic carbocycles. The van der Waals surface area contributed by atoms with Crippen molar-refractivity contribution < 1.29 is 8.85 Å². The van der Waals surface area contributed by atoms with E-state index >= 15 is 0 Å². The van der Waals surface area contributed by atoms with Crippen LogP contribution in [-0.2, 0) is 15.3 Å². The minimum absolute atomic E-state index is 0.783. The number of hydrogen-bond donors (Lipinski definition) is 0. The van der Waals surface area contributed by atoms with Crippen LogP contribution in [0.5, 0.6) is 0 Å². The normalized spacial score (nSPS) is 10.9. The lowest BCUT2D eigenvalue weighted by molar-refractivity contribution is 0.277. The maximum Gasteiger partial charge on any atom is 0.384 e. The van der Waals surface area contributed by atoms with E-state index < -0.39 is 9.28 Å². The van der Waals surface area contributed by atoms with Gasteiger partial charge in [0.1, 0.15) is 0 Å². The standard InChI is InChI=1S/C10H14ClO2Si/c1-12-14(13-2)7-6-9-4-3-5-10(11)8-9/h3-5,8H,6-7H2,1-2H3. The molecule has 1 rings (SSSR count). The zero-order valence-electron chi connectivity index (χ0n) is 8.42. The first-order valence-corrected chi connectivity index (χ1v) is 6.34. The monoisotopic (exact) mass is 229 g/mol. The van der Waals surface area contributed by atoms with Gasteiger partial charge in [-0.15, -0.1) is 0 Å². The second-order valence-electron chi connectivity index (χ2n) is 2.91. The molecule has 77 valence electrons. The first kappa shape index (κ1) is 11.7. The fourth-order valence-electron chi connectivity index (χ4n) is 1.23. The number of rotatable bonds is 5. The van der Waals surface area contributed by atoms with Gasteiger partial charge < -0.3 is 8.85 Å². The molecule has 14 heavy (non-hydrogen) atoms. The summed E-state index contributed by atoms with van der Waals surface area (Å²) in [5.41, 5.74) is 1.23. The smallest absolute Gasteiger partial charge is 0.384 e. The Bertz CT molecular complexity index is 277. The summed E-state index contributed by atoms with van der Waals surface area (Å²) in [7, 11) is 2.30. The van der Waals surface area contributed by atoms with Crippen LogP contribution in [0, 0.1) is 0 Å². The van der Waals surface area contributed by atoms with Gasteiger partial charge in [-0.25, -0.2) is 0 Å². The maximum atomic E-state index is 5.87. The molecule has 4 heteroatoms. The van der Waals surface area contributed by atoms with Crippen LogP contribution in [0.25, 0.3) is 0 Å². The molecule has 0 atom stereocenters. The lowest BCUT2D eigenvalue weighted by Crippen LogP contribution is -2.19. The lowest BCUT2D eigenvalue weighted by atomic mass is 10.2. The molecule has 0 aliphatic heterocycles. The number of hydrogen-bond acceptors (Lipinski definition) is 2. The SMILES string of the molecule is CO[Si](CCc1cccc(Cl)c1)OC. The quantitative estimate of drug-likeness (QED) is 0.723. The van der Waals surface area contributed by atoms with E-state index in [2.05, 4.69) is 6.07 Å². The minimum Gasteiger partial charge on any atom is -0.397 e. The Morgan fingerprint density at radius 1 is 1.29 bits per heavy atom. The summed E-state index contributed by atoms with van der Waals surface area (Å²) in [5, 5.41) is 0.783. The van der Waals surface area contributed by atoms with E-state index in [0.29, 0.717) is 0 Å². The average Bonchev–Trinajstić information content (AvgIpc) is 2.19. The van der Waals surface area contributed by atoms with Crippen molar-refractivity contribution in [3.63, 3.8) is 0 Å². The first-order valence-electron chi connectivity index (χ1n) is 4.44. The van der Waals surface area contributed by atoms with Gasteiger partial charge in [0.2, 0.25) is 0 Å². The highest BCUT2D eigenvalue weighted by molar-refractivity contribution is 6.44. The Labute approximate surface area is 91.6 Å². The van der Waals surface area contributed by atoms with Crippen molar-refractivity contribution in [2.24, 2.45) is 0 Å². The Balaban J connectivity index is 2.44. The van der Waals surface area contributed by atoms with Crippen LogP contribution in [0.2, 0.25) is 11.1 Å². The minimum atomic E-state index is -1.08. The molecular formula is C10H14ClO2Si. The van der Waals surface area contributed by atoms with Crippen LogP contribution >= 0.6 is 11.6 Å². The topological polar surface area (TPSA) is 18.5 Å². The number of aryl methyl sites for hydroxylation is 1. The molecule has 0 heterocycles. The fourth-order valence-corrected chi connectivity index (χ4v) is 2.51. The van der Waals surface area contributed by atoms with Crippen molar-refractivity contribution in [1.82, 2.24) is 0 Å². The number of halogens is 1. The fraction of sp³-hybridized carbons (Fsp3) is 0.400. The molecule has 0 aliphatic rings. The zero-order valence-corrected chi connectivity index (χ0v) is 10.2. The maximum absolute atomic E-state index is 5.87. The van der Waals surface area contributed by atoms with Crippen molar-refractivity contribution >= 4 is 20.9 Å². The van der Waals surface area contributed by atoms with Gasteiger partial charge in [0.25, 0.3) is 0 Å². The molecule has 1 radical (unpaired) electrons. The van der Waals surface area contributed by atoms with Crippen molar-refractivity contribution in [2.45, 2.75) is 12.5 Å². The van der Waals surface area contributed by atoms with Gasteiger partial charge in [-0.2, -0.15) is 0 Å². The van der Waals surface area contributed by atoms with Gasteiger partial charge in [-0.1, -0.05) is 23.7 Å². The Morgan fingerprint density at radius 2 is 2.00 bits per heavy atom. The molecule has 0 saturated heterocycles. The molecule has 0 spiro atoms. The summed E-state index contributed by atoms with van der Waals surface area (Å²) in [6.45, 7) is 0. The van der Waals surface area contributed by atoms with Crippen molar-refractivity contribution in [2.75, 3.05) is 14.2 Å². The molecule has 1 aromatic carbocycles. The zero-order chi connectivity index (χ0) is 10.4. The highest BCUT2D eigenvalue weighted by Gasteiger charge is 2.11. The highest BCUT2D eigenvalue weighted by atomic mass is 35.5. The molecule has 0 unspecified atom stereocenters. The molecule has 0 fully saturated rings. The predicted molar refractivity (Wildman–Crippen MR) is 59.7 cm³/mol. The van der Waals surface area contributed by atoms with Crippen LogP contribution < -0.4 is 0 Å². The van der Waals surface area contributed by atoms with Crippen LogP contribution in [0.4, 0.5) is 0 Å². The van der Waals surface area contributed by atoms with E-state index in [1.54, 1.807) is 14.2 Å². The largest absolute Gasteiger partial charge is 0.397 e. The van der Waals surface area contributed by atoms with Crippen LogP contribution in [0.1, 0.15) is 5.56 Å². The number of benzene rings is 1. The summed E-state index contributed by atoms with van der Waals surface area (Å²) >= 11 is 5.87. The van der Waals surface area contributed by atoms with Gasteiger partial charge in [-0.3, -0.25) is 0 Å².